The van der Waals surface area contributed by atoms with Crippen molar-refractivity contribution in [3.05, 3.63) is 10.6 Å². The van der Waals surface area contributed by atoms with Crippen molar-refractivity contribution in [3.63, 3.8) is 0 Å². The number of likely N-dealkylation sites (tertiary alicyclic amines) is 1. The first-order chi connectivity index (χ1) is 9.61. The molecule has 1 fully saturated rings. The zero-order chi connectivity index (χ0) is 14.5. The summed E-state index contributed by atoms with van der Waals surface area (Å²) in [4.78, 5) is 25.6. The summed E-state index contributed by atoms with van der Waals surface area (Å²) in [6.07, 6.45) is 3.42. The number of hydrogen-bond donors (Lipinski definition) is 1. The fraction of sp³-hybridized carbons (Fsp3) is 0.692. The standard InChI is InChI=1S/C13H19N3O3S/c1-2-3-10-12(20-15-14-10)13(19)16-6-4-9(5-7-16)8-11(17)18/h9H,2-8H2,1H3,(H,17,18). The third kappa shape index (κ3) is 3.53. The summed E-state index contributed by atoms with van der Waals surface area (Å²) in [6.45, 7) is 3.30. The highest BCUT2D eigenvalue weighted by Gasteiger charge is 2.27. The zero-order valence-corrected chi connectivity index (χ0v) is 12.4. The molecule has 0 spiro atoms. The van der Waals surface area contributed by atoms with Crippen molar-refractivity contribution in [2.45, 2.75) is 39.0 Å². The minimum absolute atomic E-state index is 0.00257. The molecular formula is C13H19N3O3S. The van der Waals surface area contributed by atoms with Gasteiger partial charge in [0.15, 0.2) is 0 Å². The zero-order valence-electron chi connectivity index (χ0n) is 11.5. The van der Waals surface area contributed by atoms with Gasteiger partial charge in [0.1, 0.15) is 4.88 Å². The van der Waals surface area contributed by atoms with Gasteiger partial charge in [-0.25, -0.2) is 0 Å². The van der Waals surface area contributed by atoms with Gasteiger partial charge in [0.05, 0.1) is 5.69 Å². The van der Waals surface area contributed by atoms with Gasteiger partial charge in [-0.2, -0.15) is 0 Å². The number of amides is 1. The van der Waals surface area contributed by atoms with Gasteiger partial charge < -0.3 is 10.0 Å². The number of piperidine rings is 1. The molecule has 0 aliphatic carbocycles. The fourth-order valence-electron chi connectivity index (χ4n) is 2.50. The molecule has 0 unspecified atom stereocenters. The maximum atomic E-state index is 12.4. The smallest absolute Gasteiger partial charge is 0.303 e. The van der Waals surface area contributed by atoms with Crippen LogP contribution in [0.25, 0.3) is 0 Å². The van der Waals surface area contributed by atoms with E-state index in [-0.39, 0.29) is 18.2 Å². The molecule has 110 valence electrons. The first kappa shape index (κ1) is 14.9. The highest BCUT2D eigenvalue weighted by Crippen LogP contribution is 2.23. The molecule has 0 bridgehead atoms. The van der Waals surface area contributed by atoms with Crippen LogP contribution in [0.15, 0.2) is 0 Å². The van der Waals surface area contributed by atoms with Crippen LogP contribution in [-0.4, -0.2) is 44.6 Å². The third-order valence-corrected chi connectivity index (χ3v) is 4.36. The fourth-order valence-corrected chi connectivity index (χ4v) is 3.18. The average Bonchev–Trinajstić information content (AvgIpc) is 2.87. The summed E-state index contributed by atoms with van der Waals surface area (Å²) in [7, 11) is 0. The van der Waals surface area contributed by atoms with E-state index in [1.54, 1.807) is 4.90 Å². The van der Waals surface area contributed by atoms with Crippen LogP contribution in [0.5, 0.6) is 0 Å². The van der Waals surface area contributed by atoms with Gasteiger partial charge in [-0.05, 0) is 36.7 Å². The number of carboxylic acids is 1. The van der Waals surface area contributed by atoms with Crippen LogP contribution in [0, 0.1) is 5.92 Å². The molecule has 1 amide bonds. The maximum Gasteiger partial charge on any atom is 0.303 e. The van der Waals surface area contributed by atoms with Crippen molar-refractivity contribution in [1.82, 2.24) is 14.5 Å². The van der Waals surface area contributed by atoms with Gasteiger partial charge in [0.25, 0.3) is 5.91 Å². The van der Waals surface area contributed by atoms with Gasteiger partial charge in [-0.3, -0.25) is 9.59 Å². The summed E-state index contributed by atoms with van der Waals surface area (Å²) in [5.41, 5.74) is 0.787. The van der Waals surface area contributed by atoms with E-state index in [4.69, 9.17) is 5.11 Å². The predicted octanol–water partition coefficient (Wildman–Crippen LogP) is 1.82. The van der Waals surface area contributed by atoms with E-state index in [9.17, 15) is 9.59 Å². The molecule has 0 radical (unpaired) electrons. The van der Waals surface area contributed by atoms with Crippen LogP contribution in [-0.2, 0) is 11.2 Å². The topological polar surface area (TPSA) is 83.4 Å². The highest BCUT2D eigenvalue weighted by atomic mass is 32.1. The minimum atomic E-state index is -0.758. The van der Waals surface area contributed by atoms with Crippen molar-refractivity contribution in [1.29, 1.82) is 0 Å². The lowest BCUT2D eigenvalue weighted by Gasteiger charge is -2.31. The number of aromatic nitrogens is 2. The Morgan fingerprint density at radius 3 is 2.70 bits per heavy atom. The summed E-state index contributed by atoms with van der Waals surface area (Å²) >= 11 is 1.16. The van der Waals surface area contributed by atoms with Gasteiger partial charge >= 0.3 is 5.97 Å². The molecule has 1 aliphatic heterocycles. The molecule has 2 rings (SSSR count). The molecule has 1 aromatic rings. The average molecular weight is 297 g/mol. The van der Waals surface area contributed by atoms with E-state index in [1.165, 1.54) is 0 Å². The lowest BCUT2D eigenvalue weighted by molar-refractivity contribution is -0.138. The highest BCUT2D eigenvalue weighted by molar-refractivity contribution is 7.08. The summed E-state index contributed by atoms with van der Waals surface area (Å²) < 4.78 is 3.88. The Labute approximate surface area is 122 Å². The molecule has 2 heterocycles. The first-order valence-corrected chi connectivity index (χ1v) is 7.71. The quantitative estimate of drug-likeness (QED) is 0.896. The second-order valence-corrected chi connectivity index (χ2v) is 5.89. The normalized spacial score (nSPS) is 16.4. The Kier molecular flexibility index (Phi) is 5.05. The molecule has 6 nitrogen and oxygen atoms in total. The monoisotopic (exact) mass is 297 g/mol. The molecule has 1 aromatic heterocycles. The maximum absolute atomic E-state index is 12.4. The number of carbonyl (C=O) groups is 2. The van der Waals surface area contributed by atoms with Crippen LogP contribution < -0.4 is 0 Å². The molecule has 7 heteroatoms. The summed E-state index contributed by atoms with van der Waals surface area (Å²) in [5, 5.41) is 12.8. The van der Waals surface area contributed by atoms with Crippen LogP contribution in [0.3, 0.4) is 0 Å². The molecule has 20 heavy (non-hydrogen) atoms. The third-order valence-electron chi connectivity index (χ3n) is 3.60. The van der Waals surface area contributed by atoms with Crippen LogP contribution >= 0.6 is 11.5 Å². The van der Waals surface area contributed by atoms with Crippen molar-refractivity contribution in [3.8, 4) is 0 Å². The van der Waals surface area contributed by atoms with Gasteiger partial charge in [0.2, 0.25) is 0 Å². The van der Waals surface area contributed by atoms with Crippen molar-refractivity contribution >= 4 is 23.4 Å². The second-order valence-electron chi connectivity index (χ2n) is 5.13. The number of carbonyl (C=O) groups excluding carboxylic acids is 1. The van der Waals surface area contributed by atoms with E-state index in [0.717, 1.165) is 42.9 Å². The van der Waals surface area contributed by atoms with Gasteiger partial charge in [-0.1, -0.05) is 17.8 Å². The van der Waals surface area contributed by atoms with Crippen molar-refractivity contribution < 1.29 is 14.7 Å². The van der Waals surface area contributed by atoms with Crippen molar-refractivity contribution in [2.24, 2.45) is 5.92 Å². The molecule has 1 aliphatic rings. The number of nitrogens with zero attached hydrogens (tertiary/aromatic N) is 3. The Hall–Kier alpha value is -1.50. The number of aliphatic carboxylic acids is 1. The van der Waals surface area contributed by atoms with E-state index < -0.39 is 5.97 Å². The summed E-state index contributed by atoms with van der Waals surface area (Å²) in [6, 6.07) is 0. The van der Waals surface area contributed by atoms with E-state index in [1.807, 2.05) is 6.92 Å². The molecular weight excluding hydrogens is 278 g/mol. The lowest BCUT2D eigenvalue weighted by Crippen LogP contribution is -2.38. The Balaban J connectivity index is 1.94. The van der Waals surface area contributed by atoms with Crippen LogP contribution in [0.4, 0.5) is 0 Å². The Bertz CT molecular complexity index is 481. The largest absolute Gasteiger partial charge is 0.481 e. The number of carboxylic acid groups (broad SMARTS) is 1. The van der Waals surface area contributed by atoms with E-state index in [2.05, 4.69) is 9.59 Å². The number of hydrogen-bond acceptors (Lipinski definition) is 5. The lowest BCUT2D eigenvalue weighted by atomic mass is 9.93. The van der Waals surface area contributed by atoms with Gasteiger partial charge in [-0.15, -0.1) is 5.10 Å². The van der Waals surface area contributed by atoms with E-state index >= 15 is 0 Å². The SMILES string of the molecule is CCCc1nnsc1C(=O)N1CCC(CC(=O)O)CC1. The second kappa shape index (κ2) is 6.78. The molecule has 0 aromatic carbocycles. The van der Waals surface area contributed by atoms with Crippen LogP contribution in [0.2, 0.25) is 0 Å². The predicted molar refractivity (Wildman–Crippen MR) is 74.8 cm³/mol. The minimum Gasteiger partial charge on any atom is -0.481 e. The number of rotatable bonds is 5. The van der Waals surface area contributed by atoms with Crippen LogP contribution in [0.1, 0.15) is 48.0 Å². The van der Waals surface area contributed by atoms with E-state index in [0.29, 0.717) is 18.0 Å². The molecule has 0 atom stereocenters. The van der Waals surface area contributed by atoms with Gasteiger partial charge in [0, 0.05) is 19.5 Å². The molecule has 1 saturated heterocycles. The molecule has 0 saturated carbocycles. The Morgan fingerprint density at radius 1 is 1.40 bits per heavy atom. The number of aryl methyl sites for hydroxylation is 1. The first-order valence-electron chi connectivity index (χ1n) is 6.94. The van der Waals surface area contributed by atoms with Crippen molar-refractivity contribution in [2.75, 3.05) is 13.1 Å². The molecule has 1 N–H and O–H groups in total. The Morgan fingerprint density at radius 2 is 2.10 bits per heavy atom. The summed E-state index contributed by atoms with van der Waals surface area (Å²) in [5.74, 6) is -0.574.